The molecule has 1 aromatic heterocycles. The van der Waals surface area contributed by atoms with Gasteiger partial charge in [0.25, 0.3) is 0 Å². The summed E-state index contributed by atoms with van der Waals surface area (Å²) in [5.74, 6) is 0.351. The van der Waals surface area contributed by atoms with E-state index in [-0.39, 0.29) is 11.2 Å². The Labute approximate surface area is 131 Å². The maximum atomic E-state index is 13.0. The summed E-state index contributed by atoms with van der Waals surface area (Å²) in [5.41, 5.74) is 9.38. The molecule has 1 aliphatic rings. The van der Waals surface area contributed by atoms with Crippen LogP contribution in [0.1, 0.15) is 23.3 Å². The molecule has 0 atom stereocenters. The lowest BCUT2D eigenvalue weighted by atomic mass is 10.1. The minimum Gasteiger partial charge on any atom is -0.456 e. The average molecular weight is 307 g/mol. The number of nitrogen functional groups attached to an aromatic ring is 1. The lowest BCUT2D eigenvalue weighted by Gasteiger charge is -2.04. The first-order chi connectivity index (χ1) is 11.1. The standard InChI is InChI=1S/C19H14FNO2/c20-13-4-1-11(2-5-13)9-12-3-7-16-18(22)15-8-6-14(21)10-17(15)23-19(12)16/h1-2,4-6,8-10H,3,7,21H2. The summed E-state index contributed by atoms with van der Waals surface area (Å²) in [6.07, 6.45) is 3.33. The molecule has 2 N–H and O–H groups in total. The van der Waals surface area contributed by atoms with Crippen LogP contribution in [0.5, 0.6) is 0 Å². The highest BCUT2D eigenvalue weighted by Gasteiger charge is 2.23. The fraction of sp³-hybridized carbons (Fsp3) is 0.105. The Morgan fingerprint density at radius 3 is 2.65 bits per heavy atom. The van der Waals surface area contributed by atoms with E-state index in [9.17, 15) is 9.18 Å². The van der Waals surface area contributed by atoms with E-state index in [0.29, 0.717) is 34.4 Å². The minimum absolute atomic E-state index is 0.00348. The van der Waals surface area contributed by atoms with Gasteiger partial charge < -0.3 is 10.2 Å². The molecular weight excluding hydrogens is 293 g/mol. The van der Waals surface area contributed by atoms with Crippen LogP contribution in [-0.4, -0.2) is 0 Å². The zero-order chi connectivity index (χ0) is 16.0. The second kappa shape index (κ2) is 5.09. The number of anilines is 1. The van der Waals surface area contributed by atoms with Gasteiger partial charge in [-0.3, -0.25) is 4.79 Å². The molecule has 3 nitrogen and oxygen atoms in total. The predicted octanol–water partition coefficient (Wildman–Crippen LogP) is 4.00. The Morgan fingerprint density at radius 1 is 1.09 bits per heavy atom. The van der Waals surface area contributed by atoms with Crippen molar-refractivity contribution in [1.29, 1.82) is 0 Å². The molecule has 0 saturated heterocycles. The van der Waals surface area contributed by atoms with Crippen LogP contribution in [0.4, 0.5) is 10.1 Å². The molecular formula is C19H14FNO2. The van der Waals surface area contributed by atoms with E-state index in [1.54, 1.807) is 30.3 Å². The van der Waals surface area contributed by atoms with Gasteiger partial charge in [0.2, 0.25) is 0 Å². The second-order valence-corrected chi connectivity index (χ2v) is 5.72. The normalized spacial score (nSPS) is 15.3. The highest BCUT2D eigenvalue weighted by Crippen LogP contribution is 2.34. The summed E-state index contributed by atoms with van der Waals surface area (Å²) in [6, 6.07) is 11.3. The minimum atomic E-state index is -0.271. The zero-order valence-corrected chi connectivity index (χ0v) is 12.3. The van der Waals surface area contributed by atoms with Crippen LogP contribution in [0.2, 0.25) is 0 Å². The van der Waals surface area contributed by atoms with Gasteiger partial charge in [-0.2, -0.15) is 0 Å². The molecule has 0 amide bonds. The van der Waals surface area contributed by atoms with E-state index >= 15 is 0 Å². The number of benzene rings is 2. The van der Waals surface area contributed by atoms with Gasteiger partial charge in [-0.1, -0.05) is 12.1 Å². The molecule has 23 heavy (non-hydrogen) atoms. The molecule has 4 heteroatoms. The van der Waals surface area contributed by atoms with Crippen molar-refractivity contribution in [2.75, 3.05) is 5.73 Å². The van der Waals surface area contributed by atoms with E-state index in [0.717, 1.165) is 17.6 Å². The third-order valence-corrected chi connectivity index (χ3v) is 4.16. The maximum Gasteiger partial charge on any atom is 0.196 e. The fourth-order valence-electron chi connectivity index (χ4n) is 3.01. The summed E-state index contributed by atoms with van der Waals surface area (Å²) < 4.78 is 19.0. The zero-order valence-electron chi connectivity index (χ0n) is 12.3. The first-order valence-electron chi connectivity index (χ1n) is 7.43. The Hall–Kier alpha value is -2.88. The molecule has 2 aromatic carbocycles. The molecule has 3 aromatic rings. The average Bonchev–Trinajstić information content (AvgIpc) is 2.93. The van der Waals surface area contributed by atoms with E-state index in [1.807, 2.05) is 6.08 Å². The molecule has 0 saturated carbocycles. The number of allylic oxidation sites excluding steroid dienone is 1. The molecule has 0 spiro atoms. The van der Waals surface area contributed by atoms with E-state index in [2.05, 4.69) is 0 Å². The molecule has 0 bridgehead atoms. The summed E-state index contributed by atoms with van der Waals surface area (Å²) in [5, 5.41) is 0.556. The van der Waals surface area contributed by atoms with E-state index in [1.165, 1.54) is 12.1 Å². The summed E-state index contributed by atoms with van der Waals surface area (Å²) in [6.45, 7) is 0. The van der Waals surface area contributed by atoms with Crippen LogP contribution in [0.15, 0.2) is 51.7 Å². The summed E-state index contributed by atoms with van der Waals surface area (Å²) in [7, 11) is 0. The Bertz CT molecular complexity index is 1000. The Balaban J connectivity index is 1.89. The topological polar surface area (TPSA) is 56.2 Å². The van der Waals surface area contributed by atoms with Crippen molar-refractivity contribution in [2.45, 2.75) is 12.8 Å². The number of rotatable bonds is 1. The van der Waals surface area contributed by atoms with Crippen molar-refractivity contribution >= 4 is 28.3 Å². The number of hydrogen-bond acceptors (Lipinski definition) is 3. The Kier molecular flexibility index (Phi) is 3.05. The molecule has 0 fully saturated rings. The van der Waals surface area contributed by atoms with Crippen LogP contribution >= 0.6 is 0 Å². The summed E-state index contributed by atoms with van der Waals surface area (Å²) >= 11 is 0. The van der Waals surface area contributed by atoms with Crippen molar-refractivity contribution in [3.63, 3.8) is 0 Å². The number of hydrogen-bond donors (Lipinski definition) is 1. The van der Waals surface area contributed by atoms with Crippen LogP contribution in [0.25, 0.3) is 22.6 Å². The molecule has 1 aliphatic carbocycles. The number of fused-ring (bicyclic) bond motifs is 2. The molecule has 4 rings (SSSR count). The van der Waals surface area contributed by atoms with Crippen molar-refractivity contribution in [3.8, 4) is 0 Å². The van der Waals surface area contributed by atoms with Gasteiger partial charge in [0, 0.05) is 17.3 Å². The van der Waals surface area contributed by atoms with Crippen LogP contribution in [-0.2, 0) is 6.42 Å². The quantitative estimate of drug-likeness (QED) is 0.691. The summed E-state index contributed by atoms with van der Waals surface area (Å²) in [4.78, 5) is 12.6. The highest BCUT2D eigenvalue weighted by molar-refractivity contribution is 5.87. The van der Waals surface area contributed by atoms with Crippen LogP contribution < -0.4 is 11.2 Å². The molecule has 0 radical (unpaired) electrons. The van der Waals surface area contributed by atoms with Gasteiger partial charge in [0.05, 0.1) is 5.39 Å². The van der Waals surface area contributed by atoms with Crippen LogP contribution in [0, 0.1) is 5.82 Å². The fourth-order valence-corrected chi connectivity index (χ4v) is 3.01. The molecule has 0 aliphatic heterocycles. The van der Waals surface area contributed by atoms with Crippen molar-refractivity contribution in [3.05, 3.63) is 75.4 Å². The largest absolute Gasteiger partial charge is 0.456 e. The lowest BCUT2D eigenvalue weighted by molar-refractivity contribution is 0.585. The van der Waals surface area contributed by atoms with E-state index < -0.39 is 0 Å². The van der Waals surface area contributed by atoms with Gasteiger partial charge in [-0.05, 0) is 54.3 Å². The molecule has 0 unspecified atom stereocenters. The second-order valence-electron chi connectivity index (χ2n) is 5.72. The van der Waals surface area contributed by atoms with Gasteiger partial charge in [0.15, 0.2) is 5.43 Å². The number of halogens is 1. The third-order valence-electron chi connectivity index (χ3n) is 4.16. The van der Waals surface area contributed by atoms with Gasteiger partial charge >= 0.3 is 0 Å². The van der Waals surface area contributed by atoms with Crippen LogP contribution in [0.3, 0.4) is 0 Å². The Morgan fingerprint density at radius 2 is 1.87 bits per heavy atom. The lowest BCUT2D eigenvalue weighted by Crippen LogP contribution is -2.08. The third kappa shape index (κ3) is 2.32. The molecule has 1 heterocycles. The van der Waals surface area contributed by atoms with Gasteiger partial charge in [0.1, 0.15) is 17.2 Å². The van der Waals surface area contributed by atoms with E-state index in [4.69, 9.17) is 10.2 Å². The van der Waals surface area contributed by atoms with Crippen molar-refractivity contribution < 1.29 is 8.81 Å². The van der Waals surface area contributed by atoms with Crippen molar-refractivity contribution in [1.82, 2.24) is 0 Å². The molecule has 114 valence electrons. The smallest absolute Gasteiger partial charge is 0.196 e. The monoisotopic (exact) mass is 307 g/mol. The predicted molar refractivity (Wildman–Crippen MR) is 89.5 cm³/mol. The van der Waals surface area contributed by atoms with Gasteiger partial charge in [-0.15, -0.1) is 0 Å². The maximum absolute atomic E-state index is 13.0. The highest BCUT2D eigenvalue weighted by atomic mass is 19.1. The van der Waals surface area contributed by atoms with Crippen molar-refractivity contribution in [2.24, 2.45) is 0 Å². The first-order valence-corrected chi connectivity index (χ1v) is 7.43. The first kappa shape index (κ1) is 13.8. The SMILES string of the molecule is Nc1ccc2c(=O)c3c(oc2c1)C(=Cc1ccc(F)cc1)CC3. The number of nitrogens with two attached hydrogens (primary N) is 1. The van der Waals surface area contributed by atoms with Gasteiger partial charge in [-0.25, -0.2) is 4.39 Å².